The summed E-state index contributed by atoms with van der Waals surface area (Å²) in [4.78, 5) is 4.10. The van der Waals surface area contributed by atoms with E-state index in [1.807, 2.05) is 6.92 Å². The van der Waals surface area contributed by atoms with Crippen LogP contribution in [0.15, 0.2) is 4.99 Å². The lowest BCUT2D eigenvalue weighted by molar-refractivity contribution is 0.173. The number of aliphatic hydroxyl groups excluding tert-OH is 1. The fraction of sp³-hybridized carbons (Fsp3) is 0.889. The Morgan fingerprint density at radius 3 is 2.62 bits per heavy atom. The van der Waals surface area contributed by atoms with Gasteiger partial charge >= 0.3 is 0 Å². The molecule has 0 rings (SSSR count). The first-order valence-electron chi connectivity index (χ1n) is 4.78. The first-order valence-corrected chi connectivity index (χ1v) is 4.78. The van der Waals surface area contributed by atoms with Crippen molar-refractivity contribution in [2.75, 3.05) is 13.1 Å². The van der Waals surface area contributed by atoms with Crippen molar-refractivity contribution in [1.82, 2.24) is 5.32 Å². The molecule has 0 radical (unpaired) electrons. The summed E-state index contributed by atoms with van der Waals surface area (Å²) in [6.45, 7) is 7.29. The van der Waals surface area contributed by atoms with Crippen LogP contribution in [0.1, 0.15) is 27.2 Å². The molecule has 0 spiro atoms. The quantitative estimate of drug-likeness (QED) is 0.429. The summed E-state index contributed by atoms with van der Waals surface area (Å²) < 4.78 is 0. The number of nitrogens with one attached hydrogen (secondary N) is 1. The van der Waals surface area contributed by atoms with E-state index in [2.05, 4.69) is 24.2 Å². The van der Waals surface area contributed by atoms with E-state index in [-0.39, 0.29) is 6.10 Å². The van der Waals surface area contributed by atoms with E-state index in [0.717, 1.165) is 13.0 Å². The van der Waals surface area contributed by atoms with Crippen LogP contribution in [0.4, 0.5) is 0 Å². The molecule has 1 unspecified atom stereocenters. The fourth-order valence-corrected chi connectivity index (χ4v) is 0.704. The van der Waals surface area contributed by atoms with Crippen LogP contribution >= 0.6 is 0 Å². The van der Waals surface area contributed by atoms with Crippen molar-refractivity contribution in [1.29, 1.82) is 0 Å². The average molecular weight is 187 g/mol. The number of aliphatic hydroxyl groups is 1. The normalized spacial score (nSPS) is 14.7. The standard InChI is InChI=1S/C9H21N3O/c1-4-8(13)6-12-9(10)11-5-7(2)3/h7-8,13H,4-6H2,1-3H3,(H3,10,11,12). The van der Waals surface area contributed by atoms with Gasteiger partial charge in [0.1, 0.15) is 0 Å². The molecule has 0 aliphatic heterocycles. The Kier molecular flexibility index (Phi) is 6.32. The van der Waals surface area contributed by atoms with Crippen LogP contribution in [0.25, 0.3) is 0 Å². The Morgan fingerprint density at radius 1 is 1.54 bits per heavy atom. The number of hydrogen-bond donors (Lipinski definition) is 3. The van der Waals surface area contributed by atoms with Gasteiger partial charge in [-0.25, -0.2) is 0 Å². The Bertz CT molecular complexity index is 157. The zero-order chi connectivity index (χ0) is 10.3. The monoisotopic (exact) mass is 187 g/mol. The molecule has 13 heavy (non-hydrogen) atoms. The lowest BCUT2D eigenvalue weighted by Gasteiger charge is -2.10. The van der Waals surface area contributed by atoms with E-state index in [1.54, 1.807) is 0 Å². The van der Waals surface area contributed by atoms with Gasteiger partial charge in [0.05, 0.1) is 6.10 Å². The molecule has 4 heteroatoms. The molecule has 4 N–H and O–H groups in total. The highest BCUT2D eigenvalue weighted by atomic mass is 16.3. The average Bonchev–Trinajstić information content (AvgIpc) is 2.10. The van der Waals surface area contributed by atoms with Crippen LogP contribution in [0.2, 0.25) is 0 Å². The molecule has 0 aliphatic carbocycles. The summed E-state index contributed by atoms with van der Waals surface area (Å²) in [5, 5.41) is 12.1. The van der Waals surface area contributed by atoms with Crippen molar-refractivity contribution in [3.63, 3.8) is 0 Å². The summed E-state index contributed by atoms with van der Waals surface area (Å²) >= 11 is 0. The third-order valence-electron chi connectivity index (χ3n) is 1.62. The molecule has 0 aromatic heterocycles. The molecule has 0 amide bonds. The van der Waals surface area contributed by atoms with Crippen LogP contribution in [0.5, 0.6) is 0 Å². The van der Waals surface area contributed by atoms with E-state index >= 15 is 0 Å². The number of rotatable bonds is 5. The second-order valence-corrected chi connectivity index (χ2v) is 3.56. The minimum atomic E-state index is -0.340. The van der Waals surface area contributed by atoms with Crippen LogP contribution in [0, 0.1) is 5.92 Å². The van der Waals surface area contributed by atoms with Gasteiger partial charge in [-0.1, -0.05) is 20.8 Å². The number of hydrogen-bond acceptors (Lipinski definition) is 2. The number of nitrogens with two attached hydrogens (primary N) is 1. The van der Waals surface area contributed by atoms with Crippen molar-refractivity contribution in [2.45, 2.75) is 33.3 Å². The smallest absolute Gasteiger partial charge is 0.188 e. The van der Waals surface area contributed by atoms with E-state index in [4.69, 9.17) is 5.73 Å². The maximum atomic E-state index is 9.21. The van der Waals surface area contributed by atoms with Crippen molar-refractivity contribution >= 4 is 5.96 Å². The molecule has 0 aliphatic rings. The molecule has 0 heterocycles. The van der Waals surface area contributed by atoms with E-state index in [1.165, 1.54) is 0 Å². The van der Waals surface area contributed by atoms with Gasteiger partial charge in [0.25, 0.3) is 0 Å². The Labute approximate surface area is 80.2 Å². The van der Waals surface area contributed by atoms with E-state index < -0.39 is 0 Å². The van der Waals surface area contributed by atoms with Crippen molar-refractivity contribution in [2.24, 2.45) is 16.6 Å². The van der Waals surface area contributed by atoms with Crippen molar-refractivity contribution in [3.8, 4) is 0 Å². The summed E-state index contributed by atoms with van der Waals surface area (Å²) in [7, 11) is 0. The molecule has 0 aromatic carbocycles. The molecular weight excluding hydrogens is 166 g/mol. The van der Waals surface area contributed by atoms with E-state index in [9.17, 15) is 5.11 Å². The number of nitrogens with zero attached hydrogens (tertiary/aromatic N) is 1. The second-order valence-electron chi connectivity index (χ2n) is 3.56. The molecule has 4 nitrogen and oxygen atoms in total. The number of aliphatic imine (C=N–C) groups is 1. The Hall–Kier alpha value is -0.770. The lowest BCUT2D eigenvalue weighted by Crippen LogP contribution is -2.37. The first kappa shape index (κ1) is 12.2. The molecule has 0 fully saturated rings. The maximum absolute atomic E-state index is 9.21. The van der Waals surface area contributed by atoms with Gasteiger partial charge in [-0.05, 0) is 12.3 Å². The lowest BCUT2D eigenvalue weighted by atomic mass is 10.2. The summed E-state index contributed by atoms with van der Waals surface area (Å²) in [5.74, 6) is 0.928. The highest BCUT2D eigenvalue weighted by Crippen LogP contribution is 1.91. The van der Waals surface area contributed by atoms with Crippen LogP contribution in [-0.2, 0) is 0 Å². The third-order valence-corrected chi connectivity index (χ3v) is 1.62. The Morgan fingerprint density at radius 2 is 2.15 bits per heavy atom. The zero-order valence-electron chi connectivity index (χ0n) is 8.75. The van der Waals surface area contributed by atoms with Gasteiger partial charge < -0.3 is 16.2 Å². The highest BCUT2D eigenvalue weighted by molar-refractivity contribution is 5.77. The number of guanidine groups is 1. The maximum Gasteiger partial charge on any atom is 0.188 e. The van der Waals surface area contributed by atoms with Gasteiger partial charge in [-0.15, -0.1) is 0 Å². The van der Waals surface area contributed by atoms with E-state index in [0.29, 0.717) is 18.4 Å². The van der Waals surface area contributed by atoms with Crippen LogP contribution in [0.3, 0.4) is 0 Å². The molecule has 0 bridgehead atoms. The van der Waals surface area contributed by atoms with Gasteiger partial charge in [0.2, 0.25) is 0 Å². The SMILES string of the molecule is CCC(O)CNC(N)=NCC(C)C. The molecule has 1 atom stereocenters. The predicted molar refractivity (Wildman–Crippen MR) is 55.6 cm³/mol. The van der Waals surface area contributed by atoms with Crippen LogP contribution < -0.4 is 11.1 Å². The minimum absolute atomic E-state index is 0.340. The molecule has 78 valence electrons. The highest BCUT2D eigenvalue weighted by Gasteiger charge is 2.00. The summed E-state index contributed by atoms with van der Waals surface area (Å²) in [5.41, 5.74) is 5.55. The zero-order valence-corrected chi connectivity index (χ0v) is 8.75. The first-order chi connectivity index (χ1) is 6.06. The second kappa shape index (κ2) is 6.71. The third kappa shape index (κ3) is 7.59. The summed E-state index contributed by atoms with van der Waals surface area (Å²) in [6.07, 6.45) is 0.387. The molecule has 0 saturated heterocycles. The minimum Gasteiger partial charge on any atom is -0.391 e. The predicted octanol–water partition coefficient (Wildman–Crippen LogP) is 0.318. The molecule has 0 aromatic rings. The Balaban J connectivity index is 3.60. The van der Waals surface area contributed by atoms with Crippen molar-refractivity contribution in [3.05, 3.63) is 0 Å². The molecular formula is C9H21N3O. The van der Waals surface area contributed by atoms with Gasteiger partial charge in [-0.3, -0.25) is 4.99 Å². The molecule has 0 saturated carbocycles. The van der Waals surface area contributed by atoms with Gasteiger partial charge in [0.15, 0.2) is 5.96 Å². The van der Waals surface area contributed by atoms with Crippen molar-refractivity contribution < 1.29 is 5.11 Å². The summed E-state index contributed by atoms with van der Waals surface area (Å²) in [6, 6.07) is 0. The van der Waals surface area contributed by atoms with Crippen LogP contribution in [-0.4, -0.2) is 30.3 Å². The van der Waals surface area contributed by atoms with Gasteiger partial charge in [0, 0.05) is 13.1 Å². The largest absolute Gasteiger partial charge is 0.391 e. The fourth-order valence-electron chi connectivity index (χ4n) is 0.704. The van der Waals surface area contributed by atoms with Gasteiger partial charge in [-0.2, -0.15) is 0 Å². The topological polar surface area (TPSA) is 70.6 Å².